The minimum absolute atomic E-state index is 0.0448. The van der Waals surface area contributed by atoms with Gasteiger partial charge in [-0.2, -0.15) is 0 Å². The van der Waals surface area contributed by atoms with Crippen molar-refractivity contribution < 1.29 is 9.84 Å². The van der Waals surface area contributed by atoms with Crippen LogP contribution < -0.4 is 10.5 Å². The number of ether oxygens (including phenoxy) is 1. The third-order valence-corrected chi connectivity index (χ3v) is 3.19. The van der Waals surface area contributed by atoms with Gasteiger partial charge in [0.25, 0.3) is 5.56 Å². The van der Waals surface area contributed by atoms with Crippen LogP contribution in [0.2, 0.25) is 0 Å². The Labute approximate surface area is 112 Å². The Balaban J connectivity index is 2.33. The molecule has 0 spiro atoms. The normalized spacial score (nSPS) is 20.6. The predicted octanol–water partition coefficient (Wildman–Crippen LogP) is 0.196. The van der Waals surface area contributed by atoms with E-state index >= 15 is 0 Å². The van der Waals surface area contributed by atoms with E-state index in [2.05, 4.69) is 4.98 Å². The van der Waals surface area contributed by atoms with E-state index in [0.717, 1.165) is 0 Å². The Bertz CT molecular complexity index is 493. The molecule has 0 amide bonds. The van der Waals surface area contributed by atoms with Gasteiger partial charge in [0.05, 0.1) is 19.3 Å². The molecule has 1 aliphatic rings. The highest BCUT2D eigenvalue weighted by atomic mass is 16.5. The van der Waals surface area contributed by atoms with Gasteiger partial charge in [-0.25, -0.2) is 4.98 Å². The third kappa shape index (κ3) is 2.96. The van der Waals surface area contributed by atoms with E-state index in [9.17, 15) is 4.79 Å². The maximum absolute atomic E-state index is 12.5. The lowest BCUT2D eigenvalue weighted by atomic mass is 10.1. The molecule has 0 bridgehead atoms. The van der Waals surface area contributed by atoms with E-state index in [1.54, 1.807) is 17.0 Å². The van der Waals surface area contributed by atoms with Crippen LogP contribution in [0.15, 0.2) is 17.2 Å². The Hall–Kier alpha value is -1.40. The summed E-state index contributed by atoms with van der Waals surface area (Å²) in [6, 6.07) is 0. The van der Waals surface area contributed by atoms with Gasteiger partial charge in [-0.1, -0.05) is 0 Å². The van der Waals surface area contributed by atoms with Crippen molar-refractivity contribution in [2.75, 3.05) is 31.2 Å². The van der Waals surface area contributed by atoms with Crippen LogP contribution in [0.1, 0.15) is 20.8 Å². The molecule has 6 nitrogen and oxygen atoms in total. The van der Waals surface area contributed by atoms with E-state index in [4.69, 9.17) is 9.84 Å². The van der Waals surface area contributed by atoms with E-state index in [1.165, 1.54) is 0 Å². The van der Waals surface area contributed by atoms with Gasteiger partial charge in [-0.15, -0.1) is 0 Å². The van der Waals surface area contributed by atoms with Crippen LogP contribution in [0.3, 0.4) is 0 Å². The minimum Gasteiger partial charge on any atom is -0.394 e. The summed E-state index contributed by atoms with van der Waals surface area (Å²) < 4.78 is 7.07. The molecule has 1 saturated heterocycles. The molecule has 0 radical (unpaired) electrons. The summed E-state index contributed by atoms with van der Waals surface area (Å²) in [5, 5.41) is 9.15. The predicted molar refractivity (Wildman–Crippen MR) is 72.5 cm³/mol. The number of aliphatic hydroxyl groups is 1. The lowest BCUT2D eigenvalue weighted by Crippen LogP contribution is -2.47. The highest BCUT2D eigenvalue weighted by Crippen LogP contribution is 2.14. The first kappa shape index (κ1) is 14.0. The lowest BCUT2D eigenvalue weighted by Gasteiger charge is -2.33. The van der Waals surface area contributed by atoms with Crippen molar-refractivity contribution in [2.24, 2.45) is 0 Å². The summed E-state index contributed by atoms with van der Waals surface area (Å²) in [4.78, 5) is 18.5. The Kier molecular flexibility index (Phi) is 3.91. The van der Waals surface area contributed by atoms with Crippen molar-refractivity contribution in [1.29, 1.82) is 0 Å². The van der Waals surface area contributed by atoms with Crippen LogP contribution in [0.4, 0.5) is 5.82 Å². The van der Waals surface area contributed by atoms with Crippen molar-refractivity contribution in [1.82, 2.24) is 9.55 Å². The second-order valence-corrected chi connectivity index (χ2v) is 5.72. The van der Waals surface area contributed by atoms with Gasteiger partial charge >= 0.3 is 0 Å². The summed E-state index contributed by atoms with van der Waals surface area (Å²) in [5.41, 5.74) is -0.383. The maximum Gasteiger partial charge on any atom is 0.293 e. The molecular formula is C13H21N3O3. The third-order valence-electron chi connectivity index (χ3n) is 3.19. The van der Waals surface area contributed by atoms with Crippen LogP contribution in [-0.4, -0.2) is 47.1 Å². The summed E-state index contributed by atoms with van der Waals surface area (Å²) in [6.45, 7) is 7.50. The molecule has 106 valence electrons. The number of aliphatic hydroxyl groups excluding tert-OH is 1. The second kappa shape index (κ2) is 5.30. The van der Waals surface area contributed by atoms with Gasteiger partial charge in [0.1, 0.15) is 0 Å². The van der Waals surface area contributed by atoms with Crippen molar-refractivity contribution in [3.63, 3.8) is 0 Å². The molecule has 1 aliphatic heterocycles. The highest BCUT2D eigenvalue weighted by Gasteiger charge is 2.25. The number of nitrogens with zero attached hydrogens (tertiary/aromatic N) is 3. The molecule has 1 unspecified atom stereocenters. The van der Waals surface area contributed by atoms with Crippen molar-refractivity contribution >= 4 is 5.82 Å². The zero-order valence-electron chi connectivity index (χ0n) is 11.7. The van der Waals surface area contributed by atoms with Gasteiger partial charge in [0.2, 0.25) is 0 Å². The monoisotopic (exact) mass is 267 g/mol. The molecule has 1 N–H and O–H groups in total. The van der Waals surface area contributed by atoms with E-state index in [0.29, 0.717) is 25.5 Å². The molecule has 1 aromatic heterocycles. The van der Waals surface area contributed by atoms with Gasteiger partial charge in [0, 0.05) is 31.0 Å². The standard InChI is InChI=1S/C13H21N3O3/c1-13(2,3)16-5-4-14-11(12(16)18)15-6-7-19-10(8-15)9-17/h4-5,10,17H,6-9H2,1-3H3. The quantitative estimate of drug-likeness (QED) is 0.829. The first-order valence-electron chi connectivity index (χ1n) is 6.49. The molecule has 0 aromatic carbocycles. The minimum atomic E-state index is -0.280. The van der Waals surface area contributed by atoms with Gasteiger partial charge in [-0.05, 0) is 20.8 Å². The van der Waals surface area contributed by atoms with Gasteiger partial charge in [-0.3, -0.25) is 4.79 Å². The Morgan fingerprint density at radius 3 is 2.89 bits per heavy atom. The summed E-state index contributed by atoms with van der Waals surface area (Å²) in [6.07, 6.45) is 3.10. The largest absolute Gasteiger partial charge is 0.394 e. The topological polar surface area (TPSA) is 67.6 Å². The molecule has 6 heteroatoms. The van der Waals surface area contributed by atoms with Crippen LogP contribution in [0.25, 0.3) is 0 Å². The van der Waals surface area contributed by atoms with Crippen LogP contribution in [0.5, 0.6) is 0 Å². The zero-order chi connectivity index (χ0) is 14.0. The molecule has 1 fully saturated rings. The fourth-order valence-electron chi connectivity index (χ4n) is 2.17. The number of hydrogen-bond acceptors (Lipinski definition) is 5. The second-order valence-electron chi connectivity index (χ2n) is 5.72. The number of rotatable bonds is 2. The molecule has 2 rings (SSSR count). The average Bonchev–Trinajstić information content (AvgIpc) is 2.37. The SMILES string of the molecule is CC(C)(C)n1ccnc(N2CCOC(CO)C2)c1=O. The van der Waals surface area contributed by atoms with Crippen LogP contribution >= 0.6 is 0 Å². The fraction of sp³-hybridized carbons (Fsp3) is 0.692. The molecule has 19 heavy (non-hydrogen) atoms. The van der Waals surface area contributed by atoms with Crippen LogP contribution in [0, 0.1) is 0 Å². The Morgan fingerprint density at radius 2 is 2.26 bits per heavy atom. The van der Waals surface area contributed by atoms with Crippen molar-refractivity contribution in [2.45, 2.75) is 32.4 Å². The molecular weight excluding hydrogens is 246 g/mol. The summed E-state index contributed by atoms with van der Waals surface area (Å²) in [5.74, 6) is 0.430. The lowest BCUT2D eigenvalue weighted by molar-refractivity contribution is 0.00325. The van der Waals surface area contributed by atoms with E-state index < -0.39 is 0 Å². The van der Waals surface area contributed by atoms with Gasteiger partial charge in [0.15, 0.2) is 5.82 Å². The Morgan fingerprint density at radius 1 is 1.53 bits per heavy atom. The van der Waals surface area contributed by atoms with Gasteiger partial charge < -0.3 is 19.3 Å². The summed E-state index contributed by atoms with van der Waals surface area (Å²) in [7, 11) is 0. The number of aromatic nitrogens is 2. The first-order chi connectivity index (χ1) is 8.93. The van der Waals surface area contributed by atoms with Crippen molar-refractivity contribution in [3.05, 3.63) is 22.7 Å². The molecule has 1 aromatic rings. The average molecular weight is 267 g/mol. The number of hydrogen-bond donors (Lipinski definition) is 1. The zero-order valence-corrected chi connectivity index (χ0v) is 11.7. The fourth-order valence-corrected chi connectivity index (χ4v) is 2.17. The van der Waals surface area contributed by atoms with Crippen LogP contribution in [-0.2, 0) is 10.3 Å². The molecule has 0 aliphatic carbocycles. The van der Waals surface area contributed by atoms with Crippen molar-refractivity contribution in [3.8, 4) is 0 Å². The number of anilines is 1. The smallest absolute Gasteiger partial charge is 0.293 e. The van der Waals surface area contributed by atoms with E-state index in [-0.39, 0.29) is 23.8 Å². The summed E-state index contributed by atoms with van der Waals surface area (Å²) >= 11 is 0. The highest BCUT2D eigenvalue weighted by molar-refractivity contribution is 5.36. The number of morpholine rings is 1. The molecule has 2 heterocycles. The van der Waals surface area contributed by atoms with E-state index in [1.807, 2.05) is 25.7 Å². The molecule has 1 atom stereocenters. The maximum atomic E-state index is 12.5. The first-order valence-corrected chi connectivity index (χ1v) is 6.49. The molecule has 0 saturated carbocycles.